The Morgan fingerprint density at radius 3 is 2.85 bits per heavy atom. The minimum atomic E-state index is -0.200. The van der Waals surface area contributed by atoms with Gasteiger partial charge in [-0.3, -0.25) is 15.1 Å². The summed E-state index contributed by atoms with van der Waals surface area (Å²) in [6, 6.07) is 3.56. The third kappa shape index (κ3) is 4.09. The van der Waals surface area contributed by atoms with E-state index in [1.165, 1.54) is 24.2 Å². The van der Waals surface area contributed by atoms with Crippen LogP contribution in [0, 0.1) is 6.92 Å². The molecule has 1 amide bonds. The van der Waals surface area contributed by atoms with E-state index in [-0.39, 0.29) is 5.91 Å². The van der Waals surface area contributed by atoms with Gasteiger partial charge in [0, 0.05) is 18.3 Å². The number of aryl methyl sites for hydroxylation is 2. The molecule has 6 heteroatoms. The molecule has 1 N–H and O–H groups in total. The maximum absolute atomic E-state index is 12.0. The Labute approximate surface area is 122 Å². The smallest absolute Gasteiger partial charge is 0.259 e. The van der Waals surface area contributed by atoms with Crippen LogP contribution in [0.15, 0.2) is 18.3 Å². The van der Waals surface area contributed by atoms with Gasteiger partial charge in [-0.1, -0.05) is 31.1 Å². The monoisotopic (exact) mass is 290 g/mol. The van der Waals surface area contributed by atoms with Crippen LogP contribution in [-0.4, -0.2) is 21.1 Å². The molecule has 0 aliphatic rings. The topological polar surface area (TPSA) is 67.8 Å². The van der Waals surface area contributed by atoms with Crippen molar-refractivity contribution in [1.29, 1.82) is 0 Å². The number of rotatable bonds is 6. The fraction of sp³-hybridized carbons (Fsp3) is 0.429. The van der Waals surface area contributed by atoms with Crippen molar-refractivity contribution in [2.75, 3.05) is 5.32 Å². The lowest BCUT2D eigenvalue weighted by Crippen LogP contribution is -2.12. The first kappa shape index (κ1) is 14.6. The summed E-state index contributed by atoms with van der Waals surface area (Å²) in [5.41, 5.74) is 1.41. The number of aromatic nitrogens is 3. The SMILES string of the molecule is CCCCCc1nnc(NC(=O)c2ccc(C)nc2)s1. The van der Waals surface area contributed by atoms with Crippen molar-refractivity contribution in [2.24, 2.45) is 0 Å². The molecule has 0 bridgehead atoms. The van der Waals surface area contributed by atoms with Gasteiger partial charge in [0.2, 0.25) is 5.13 Å². The van der Waals surface area contributed by atoms with Crippen molar-refractivity contribution >= 4 is 22.4 Å². The second-order valence-electron chi connectivity index (χ2n) is 4.60. The first-order valence-electron chi connectivity index (χ1n) is 6.75. The highest BCUT2D eigenvalue weighted by atomic mass is 32.1. The lowest BCUT2D eigenvalue weighted by atomic mass is 10.2. The zero-order chi connectivity index (χ0) is 14.4. The molecule has 0 aliphatic heterocycles. The van der Waals surface area contributed by atoms with E-state index in [2.05, 4.69) is 27.4 Å². The molecule has 0 spiro atoms. The number of pyridine rings is 1. The van der Waals surface area contributed by atoms with Crippen LogP contribution in [-0.2, 0) is 6.42 Å². The second-order valence-corrected chi connectivity index (χ2v) is 5.66. The molecule has 5 nitrogen and oxygen atoms in total. The van der Waals surface area contributed by atoms with E-state index in [1.54, 1.807) is 12.3 Å². The summed E-state index contributed by atoms with van der Waals surface area (Å²) >= 11 is 1.43. The highest BCUT2D eigenvalue weighted by molar-refractivity contribution is 7.15. The average molecular weight is 290 g/mol. The van der Waals surface area contributed by atoms with Crippen LogP contribution in [0.3, 0.4) is 0 Å². The third-order valence-corrected chi connectivity index (χ3v) is 3.75. The number of hydrogen-bond donors (Lipinski definition) is 1. The fourth-order valence-corrected chi connectivity index (χ4v) is 2.48. The molecule has 0 fully saturated rings. The van der Waals surface area contributed by atoms with Crippen molar-refractivity contribution in [3.05, 3.63) is 34.6 Å². The quantitative estimate of drug-likeness (QED) is 0.829. The summed E-state index contributed by atoms with van der Waals surface area (Å²) in [5, 5.41) is 12.3. The molecular formula is C14H18N4OS. The molecule has 0 radical (unpaired) electrons. The highest BCUT2D eigenvalue weighted by Gasteiger charge is 2.10. The van der Waals surface area contributed by atoms with Gasteiger partial charge in [0.1, 0.15) is 5.01 Å². The van der Waals surface area contributed by atoms with Crippen LogP contribution in [0.25, 0.3) is 0 Å². The van der Waals surface area contributed by atoms with E-state index in [1.807, 2.05) is 13.0 Å². The predicted molar refractivity (Wildman–Crippen MR) is 80.1 cm³/mol. The van der Waals surface area contributed by atoms with Crippen LogP contribution in [0.2, 0.25) is 0 Å². The van der Waals surface area contributed by atoms with Gasteiger partial charge >= 0.3 is 0 Å². The number of nitrogens with one attached hydrogen (secondary N) is 1. The molecule has 0 saturated heterocycles. The number of amides is 1. The maximum Gasteiger partial charge on any atom is 0.259 e. The largest absolute Gasteiger partial charge is 0.296 e. The van der Waals surface area contributed by atoms with Crippen LogP contribution in [0.1, 0.15) is 47.2 Å². The van der Waals surface area contributed by atoms with Crippen LogP contribution in [0.4, 0.5) is 5.13 Å². The summed E-state index contributed by atoms with van der Waals surface area (Å²) in [4.78, 5) is 16.1. The lowest BCUT2D eigenvalue weighted by molar-refractivity contribution is 0.102. The molecule has 0 unspecified atom stereocenters. The minimum absolute atomic E-state index is 0.200. The van der Waals surface area contributed by atoms with Crippen molar-refractivity contribution in [2.45, 2.75) is 39.5 Å². The van der Waals surface area contributed by atoms with E-state index >= 15 is 0 Å². The van der Waals surface area contributed by atoms with Crippen molar-refractivity contribution in [3.63, 3.8) is 0 Å². The van der Waals surface area contributed by atoms with Crippen LogP contribution >= 0.6 is 11.3 Å². The minimum Gasteiger partial charge on any atom is -0.296 e. The highest BCUT2D eigenvalue weighted by Crippen LogP contribution is 2.18. The van der Waals surface area contributed by atoms with E-state index < -0.39 is 0 Å². The Hall–Kier alpha value is -1.82. The lowest BCUT2D eigenvalue weighted by Gasteiger charge is -2.00. The number of hydrogen-bond acceptors (Lipinski definition) is 5. The summed E-state index contributed by atoms with van der Waals surface area (Å²) in [7, 11) is 0. The van der Waals surface area contributed by atoms with E-state index in [9.17, 15) is 4.79 Å². The van der Waals surface area contributed by atoms with Gasteiger partial charge < -0.3 is 0 Å². The van der Waals surface area contributed by atoms with Crippen LogP contribution in [0.5, 0.6) is 0 Å². The van der Waals surface area contributed by atoms with Gasteiger partial charge in [-0.25, -0.2) is 0 Å². The zero-order valence-corrected chi connectivity index (χ0v) is 12.5. The molecule has 20 heavy (non-hydrogen) atoms. The van der Waals surface area contributed by atoms with Gasteiger partial charge in [0.25, 0.3) is 5.91 Å². The van der Waals surface area contributed by atoms with Gasteiger partial charge in [-0.05, 0) is 25.5 Å². The maximum atomic E-state index is 12.0. The number of nitrogens with zero attached hydrogens (tertiary/aromatic N) is 3. The van der Waals surface area contributed by atoms with Crippen molar-refractivity contribution < 1.29 is 4.79 Å². The number of carbonyl (C=O) groups is 1. The standard InChI is InChI=1S/C14H18N4OS/c1-3-4-5-6-12-17-18-14(20-12)16-13(19)11-8-7-10(2)15-9-11/h7-9H,3-6H2,1-2H3,(H,16,18,19). The molecule has 0 atom stereocenters. The first-order chi connectivity index (χ1) is 9.69. The Kier molecular flexibility index (Phi) is 5.17. The van der Waals surface area contributed by atoms with Crippen LogP contribution < -0.4 is 5.32 Å². The first-order valence-corrected chi connectivity index (χ1v) is 7.57. The molecule has 0 saturated carbocycles. The number of anilines is 1. The fourth-order valence-electron chi connectivity index (χ4n) is 1.70. The van der Waals surface area contributed by atoms with E-state index in [0.717, 1.165) is 23.5 Å². The zero-order valence-electron chi connectivity index (χ0n) is 11.7. The molecule has 2 rings (SSSR count). The Morgan fingerprint density at radius 1 is 1.30 bits per heavy atom. The molecule has 2 aromatic heterocycles. The summed E-state index contributed by atoms with van der Waals surface area (Å²) in [6.45, 7) is 4.05. The summed E-state index contributed by atoms with van der Waals surface area (Å²) in [5.74, 6) is -0.200. The summed E-state index contributed by atoms with van der Waals surface area (Å²) < 4.78 is 0. The normalized spacial score (nSPS) is 10.5. The van der Waals surface area contributed by atoms with Gasteiger partial charge in [-0.2, -0.15) is 0 Å². The molecule has 2 heterocycles. The van der Waals surface area contributed by atoms with Crippen molar-refractivity contribution in [3.8, 4) is 0 Å². The molecule has 2 aromatic rings. The molecule has 0 aromatic carbocycles. The second kappa shape index (κ2) is 7.09. The predicted octanol–water partition coefficient (Wildman–Crippen LogP) is 3.23. The molecular weight excluding hydrogens is 272 g/mol. The Morgan fingerprint density at radius 2 is 2.15 bits per heavy atom. The van der Waals surface area contributed by atoms with Crippen molar-refractivity contribution in [1.82, 2.24) is 15.2 Å². The number of unbranched alkanes of at least 4 members (excludes halogenated alkanes) is 2. The van der Waals surface area contributed by atoms with Gasteiger partial charge in [-0.15, -0.1) is 10.2 Å². The Bertz CT molecular complexity index is 565. The van der Waals surface area contributed by atoms with Gasteiger partial charge in [0.15, 0.2) is 0 Å². The number of carbonyl (C=O) groups excluding carboxylic acids is 1. The third-order valence-electron chi connectivity index (χ3n) is 2.86. The van der Waals surface area contributed by atoms with E-state index in [4.69, 9.17) is 0 Å². The summed E-state index contributed by atoms with van der Waals surface area (Å²) in [6.07, 6.45) is 5.97. The average Bonchev–Trinajstić information content (AvgIpc) is 2.87. The molecule has 106 valence electrons. The molecule has 0 aliphatic carbocycles. The van der Waals surface area contributed by atoms with E-state index in [0.29, 0.717) is 10.7 Å². The van der Waals surface area contributed by atoms with Gasteiger partial charge in [0.05, 0.1) is 5.56 Å². The Balaban J connectivity index is 1.92.